The van der Waals surface area contributed by atoms with Crippen LogP contribution in [0.3, 0.4) is 0 Å². The second-order valence-electron chi connectivity index (χ2n) is 12.6. The van der Waals surface area contributed by atoms with Gasteiger partial charge in [-0.25, -0.2) is 4.39 Å². The van der Waals surface area contributed by atoms with Crippen LogP contribution in [0.4, 0.5) is 4.39 Å². The lowest BCUT2D eigenvalue weighted by Gasteiger charge is -2.62. The number of hydrogen-bond donors (Lipinski definition) is 2. The van der Waals surface area contributed by atoms with Crippen molar-refractivity contribution in [2.75, 3.05) is 6.61 Å². The normalized spacial score (nSPS) is 45.2. The van der Waals surface area contributed by atoms with Gasteiger partial charge in [-0.05, 0) is 80.1 Å². The highest BCUT2D eigenvalue weighted by Crippen LogP contribution is 2.68. The fourth-order valence-electron chi connectivity index (χ4n) is 8.01. The van der Waals surface area contributed by atoms with E-state index in [0.29, 0.717) is 24.8 Å². The molecule has 35 heavy (non-hydrogen) atoms. The van der Waals surface area contributed by atoms with E-state index in [1.165, 1.54) is 13.0 Å². The molecular weight excluding hydrogens is 471 g/mol. The van der Waals surface area contributed by atoms with Gasteiger partial charge in [-0.3, -0.25) is 14.4 Å². The molecule has 3 saturated carbocycles. The largest absolute Gasteiger partial charge is 0.458 e. The van der Waals surface area contributed by atoms with Gasteiger partial charge in [0.2, 0.25) is 5.78 Å². The van der Waals surface area contributed by atoms with Crippen molar-refractivity contribution in [3.63, 3.8) is 0 Å². The van der Waals surface area contributed by atoms with Gasteiger partial charge in [0.15, 0.2) is 26.3 Å². The second kappa shape index (κ2) is 8.57. The molecule has 0 aromatic rings. The second-order valence-corrected chi connectivity index (χ2v) is 17.1. The summed E-state index contributed by atoms with van der Waals surface area (Å²) in [5.74, 6) is -2.11. The summed E-state index contributed by atoms with van der Waals surface area (Å²) in [6, 6.07) is 0. The monoisotopic (exact) mass is 510 g/mol. The molecular formula is C26H39FO7Si. The Labute approximate surface area is 207 Å². The fraction of sp³-hybridized carbons (Fsp3) is 0.808. The molecule has 0 aromatic heterocycles. The van der Waals surface area contributed by atoms with Crippen LogP contribution in [0, 0.1) is 28.6 Å². The van der Waals surface area contributed by atoms with Crippen molar-refractivity contribution in [1.29, 1.82) is 0 Å². The van der Waals surface area contributed by atoms with Crippen LogP contribution in [0.25, 0.3) is 0 Å². The molecule has 9 heteroatoms. The molecule has 0 spiro atoms. The fourth-order valence-corrected chi connectivity index (χ4v) is 9.15. The molecule has 0 bridgehead atoms. The predicted molar refractivity (Wildman–Crippen MR) is 129 cm³/mol. The number of halogens is 1. The van der Waals surface area contributed by atoms with Crippen LogP contribution >= 0.6 is 0 Å². The van der Waals surface area contributed by atoms with Crippen molar-refractivity contribution in [3.8, 4) is 0 Å². The molecule has 3 fully saturated rings. The Kier molecular flexibility index (Phi) is 6.52. The molecule has 4 aliphatic carbocycles. The van der Waals surface area contributed by atoms with Gasteiger partial charge in [0.25, 0.3) is 0 Å². The summed E-state index contributed by atoms with van der Waals surface area (Å²) in [4.78, 5) is 36.8. The van der Waals surface area contributed by atoms with Crippen molar-refractivity contribution in [2.45, 2.75) is 96.5 Å². The Morgan fingerprint density at radius 3 is 2.49 bits per heavy atom. The van der Waals surface area contributed by atoms with Crippen LogP contribution in [-0.2, 0) is 23.5 Å². The zero-order chi connectivity index (χ0) is 26.1. The first kappa shape index (κ1) is 26.6. The molecule has 4 rings (SSSR count). The minimum Gasteiger partial charge on any atom is -0.458 e. The zero-order valence-electron chi connectivity index (χ0n) is 21.6. The maximum absolute atomic E-state index is 15.7. The molecule has 3 unspecified atom stereocenters. The molecule has 0 aliphatic heterocycles. The van der Waals surface area contributed by atoms with E-state index in [9.17, 15) is 24.6 Å². The van der Waals surface area contributed by atoms with Crippen LogP contribution < -0.4 is 0 Å². The van der Waals surface area contributed by atoms with Gasteiger partial charge >= 0.3 is 5.97 Å². The number of carbonyl (C=O) groups is 3. The highest BCUT2D eigenvalue weighted by molar-refractivity contribution is 6.69. The van der Waals surface area contributed by atoms with Crippen molar-refractivity contribution >= 4 is 25.9 Å². The first-order valence-electron chi connectivity index (χ1n) is 12.7. The van der Waals surface area contributed by atoms with E-state index >= 15 is 4.39 Å². The van der Waals surface area contributed by atoms with Crippen molar-refractivity contribution in [3.05, 3.63) is 11.6 Å². The Morgan fingerprint density at radius 2 is 1.89 bits per heavy atom. The van der Waals surface area contributed by atoms with E-state index in [0.717, 1.165) is 0 Å². The van der Waals surface area contributed by atoms with E-state index in [1.54, 1.807) is 6.92 Å². The average Bonchev–Trinajstić information content (AvgIpc) is 2.93. The molecule has 0 saturated heterocycles. The average molecular weight is 511 g/mol. The number of ether oxygens (including phenoxy) is 1. The Hall–Kier alpha value is -1.42. The standard InChI is InChI=1S/C26H39FO7Si/c1-14(28)33-13-22(31)26(32)21(30)11-17-16-10-19(27)18-9-15(29)7-8-24(18,2)23(16)20(12-25(17,26)3)34-35(4,5)6/h9,16-17,19-21,23,30,32H,7-8,10-13H2,1-6H3/t16-,17-,19?,20?,21?,23+,24-,25-,26-/m0/s1. The number of alkyl halides is 1. The molecule has 0 radical (unpaired) electrons. The molecule has 9 atom stereocenters. The van der Waals surface area contributed by atoms with E-state index in [4.69, 9.17) is 9.16 Å². The van der Waals surface area contributed by atoms with Gasteiger partial charge in [-0.1, -0.05) is 13.8 Å². The van der Waals surface area contributed by atoms with Gasteiger partial charge in [0, 0.05) is 24.9 Å². The quantitative estimate of drug-likeness (QED) is 0.432. The Bertz CT molecular complexity index is 960. The third-order valence-corrected chi connectivity index (χ3v) is 10.4. The molecule has 0 amide bonds. The highest BCUT2D eigenvalue weighted by atomic mass is 28.4. The number of hydrogen-bond acceptors (Lipinski definition) is 7. The molecule has 2 N–H and O–H groups in total. The van der Waals surface area contributed by atoms with Gasteiger partial charge in [0.1, 0.15) is 6.17 Å². The molecule has 4 aliphatic rings. The van der Waals surface area contributed by atoms with Crippen LogP contribution in [0.5, 0.6) is 0 Å². The first-order valence-corrected chi connectivity index (χ1v) is 16.1. The van der Waals surface area contributed by atoms with Crippen LogP contribution in [-0.4, -0.2) is 66.7 Å². The SMILES string of the molecule is CC(=O)OCC(=O)[C@@]1(O)C(O)C[C@H]2[C@@H]3CC(F)C4=CC(=O)CC[C@]4(C)[C@H]3C(O[Si](C)(C)C)C[C@@]21C. The topological polar surface area (TPSA) is 110 Å². The molecule has 0 aromatic carbocycles. The van der Waals surface area contributed by atoms with E-state index in [-0.39, 0.29) is 42.5 Å². The maximum atomic E-state index is 15.7. The summed E-state index contributed by atoms with van der Waals surface area (Å²) < 4.78 is 27.3. The Balaban J connectivity index is 1.81. The Morgan fingerprint density at radius 1 is 1.23 bits per heavy atom. The van der Waals surface area contributed by atoms with Crippen LogP contribution in [0.2, 0.25) is 19.6 Å². The zero-order valence-corrected chi connectivity index (χ0v) is 22.6. The van der Waals surface area contributed by atoms with E-state index in [1.807, 2.05) is 6.92 Å². The number of esters is 1. The van der Waals surface area contributed by atoms with Crippen molar-refractivity contribution < 1.29 is 38.1 Å². The highest BCUT2D eigenvalue weighted by Gasteiger charge is 2.72. The minimum atomic E-state index is -2.13. The number of aliphatic hydroxyl groups is 2. The van der Waals surface area contributed by atoms with Gasteiger partial charge in [0.05, 0.1) is 6.10 Å². The summed E-state index contributed by atoms with van der Waals surface area (Å²) in [6.07, 6.45) is -0.0298. The molecule has 196 valence electrons. The van der Waals surface area contributed by atoms with Crippen LogP contribution in [0.15, 0.2) is 11.6 Å². The van der Waals surface area contributed by atoms with E-state index < -0.39 is 55.4 Å². The summed E-state index contributed by atoms with van der Waals surface area (Å²) >= 11 is 0. The van der Waals surface area contributed by atoms with Gasteiger partial charge in [-0.2, -0.15) is 0 Å². The number of fused-ring (bicyclic) bond motifs is 5. The number of allylic oxidation sites excluding steroid dienone is 1. The smallest absolute Gasteiger partial charge is 0.303 e. The molecule has 0 heterocycles. The first-order chi connectivity index (χ1) is 16.0. The third kappa shape index (κ3) is 4.06. The predicted octanol–water partition coefficient (Wildman–Crippen LogP) is 3.13. The number of Topliss-reactive ketones (excluding diaryl/α,β-unsaturated/α-hetero) is 1. The summed E-state index contributed by atoms with van der Waals surface area (Å²) in [5, 5.41) is 22.9. The molecule has 7 nitrogen and oxygen atoms in total. The number of ketones is 2. The lowest BCUT2D eigenvalue weighted by Crippen LogP contribution is -2.65. The summed E-state index contributed by atoms with van der Waals surface area (Å²) in [6.45, 7) is 10.6. The number of rotatable bonds is 5. The number of carbonyl (C=O) groups excluding carboxylic acids is 3. The van der Waals surface area contributed by atoms with Crippen LogP contribution in [0.1, 0.15) is 52.9 Å². The minimum absolute atomic E-state index is 0.0522. The lowest BCUT2D eigenvalue weighted by atomic mass is 9.45. The van der Waals surface area contributed by atoms with Crippen molar-refractivity contribution in [2.24, 2.45) is 28.6 Å². The van der Waals surface area contributed by atoms with Gasteiger partial charge in [-0.15, -0.1) is 0 Å². The third-order valence-electron chi connectivity index (χ3n) is 9.41. The number of aliphatic hydroxyl groups excluding tert-OH is 1. The van der Waals surface area contributed by atoms with Gasteiger partial charge < -0.3 is 19.4 Å². The maximum Gasteiger partial charge on any atom is 0.303 e. The summed E-state index contributed by atoms with van der Waals surface area (Å²) in [7, 11) is -2.12. The summed E-state index contributed by atoms with van der Waals surface area (Å²) in [5.41, 5.74) is -3.25. The van der Waals surface area contributed by atoms with Crippen molar-refractivity contribution in [1.82, 2.24) is 0 Å². The lowest BCUT2D eigenvalue weighted by molar-refractivity contribution is -0.194. The van der Waals surface area contributed by atoms with E-state index in [2.05, 4.69) is 19.6 Å².